The van der Waals surface area contributed by atoms with Crippen molar-refractivity contribution in [3.05, 3.63) is 10.5 Å². The highest BCUT2D eigenvalue weighted by molar-refractivity contribution is 7.99. The molecule has 0 fully saturated rings. The Morgan fingerprint density at radius 1 is 1.14 bits per heavy atom. The van der Waals surface area contributed by atoms with E-state index in [9.17, 15) is 4.79 Å². The maximum atomic E-state index is 11.1. The van der Waals surface area contributed by atoms with Crippen LogP contribution in [0.3, 0.4) is 0 Å². The molecule has 14 heavy (non-hydrogen) atoms. The van der Waals surface area contributed by atoms with Crippen LogP contribution in [-0.4, -0.2) is 32.4 Å². The average Bonchev–Trinajstić information content (AvgIpc) is 2.56. The van der Waals surface area contributed by atoms with Gasteiger partial charge in [0.2, 0.25) is 0 Å². The van der Waals surface area contributed by atoms with Gasteiger partial charge in [0.25, 0.3) is 0 Å². The molecule has 0 aromatic carbocycles. The number of H-pyrrole nitrogens is 2. The molecular weight excluding hydrogens is 220 g/mol. The molecular formula is C7H8N4OS2. The number of thioether (sulfide) groups is 2. The van der Waals surface area contributed by atoms with Crippen molar-refractivity contribution >= 4 is 34.7 Å². The molecule has 2 heterocycles. The number of aromatic amines is 2. The quantitative estimate of drug-likeness (QED) is 0.457. The summed E-state index contributed by atoms with van der Waals surface area (Å²) >= 11 is 2.94. The maximum Gasteiger partial charge on any atom is 0.325 e. The van der Waals surface area contributed by atoms with Gasteiger partial charge in [0.05, 0.1) is 0 Å². The minimum atomic E-state index is -0.247. The van der Waals surface area contributed by atoms with Crippen LogP contribution in [0.4, 0.5) is 0 Å². The first-order chi connectivity index (χ1) is 6.74. The van der Waals surface area contributed by atoms with Gasteiger partial charge in [-0.05, 0) is 12.5 Å². The molecule has 0 aliphatic carbocycles. The second-order valence-corrected chi connectivity index (χ2v) is 4.09. The summed E-state index contributed by atoms with van der Waals surface area (Å²) in [4.78, 5) is 24.8. The van der Waals surface area contributed by atoms with Crippen molar-refractivity contribution in [1.82, 2.24) is 19.9 Å². The van der Waals surface area contributed by atoms with Crippen LogP contribution in [0.5, 0.6) is 0 Å². The lowest BCUT2D eigenvalue weighted by molar-refractivity contribution is 0.926. The number of imidazole rings is 1. The van der Waals surface area contributed by atoms with Crippen molar-refractivity contribution in [2.24, 2.45) is 0 Å². The highest BCUT2D eigenvalue weighted by Gasteiger charge is 2.08. The van der Waals surface area contributed by atoms with Gasteiger partial charge in [-0.25, -0.2) is 14.8 Å². The van der Waals surface area contributed by atoms with Crippen molar-refractivity contribution in [1.29, 1.82) is 0 Å². The number of nitrogens with zero attached hydrogens (tertiary/aromatic N) is 2. The van der Waals surface area contributed by atoms with E-state index in [1.807, 2.05) is 12.5 Å². The molecule has 0 saturated carbocycles. The topological polar surface area (TPSA) is 74.4 Å². The Labute approximate surface area is 88.1 Å². The van der Waals surface area contributed by atoms with Crippen LogP contribution in [-0.2, 0) is 0 Å². The van der Waals surface area contributed by atoms with Gasteiger partial charge in [0, 0.05) is 0 Å². The Morgan fingerprint density at radius 2 is 1.93 bits per heavy atom. The van der Waals surface area contributed by atoms with Crippen LogP contribution in [0.1, 0.15) is 0 Å². The number of fused-ring (bicyclic) bond motifs is 1. The Hall–Kier alpha value is -0.950. The molecule has 2 aromatic heterocycles. The number of rotatable bonds is 2. The predicted molar refractivity (Wildman–Crippen MR) is 58.1 cm³/mol. The summed E-state index contributed by atoms with van der Waals surface area (Å²) in [5.74, 6) is 0. The molecule has 0 aliphatic rings. The third kappa shape index (κ3) is 1.53. The van der Waals surface area contributed by atoms with Crippen LogP contribution in [0.25, 0.3) is 11.2 Å². The van der Waals surface area contributed by atoms with E-state index in [4.69, 9.17) is 0 Å². The normalized spacial score (nSPS) is 11.0. The molecule has 2 N–H and O–H groups in total. The Balaban J connectivity index is 2.79. The van der Waals surface area contributed by atoms with Gasteiger partial charge in [0.1, 0.15) is 10.5 Å². The van der Waals surface area contributed by atoms with Crippen molar-refractivity contribution < 1.29 is 0 Å². The first-order valence-corrected chi connectivity index (χ1v) is 6.27. The maximum absolute atomic E-state index is 11.1. The minimum Gasteiger partial charge on any atom is -0.302 e. The second-order valence-electron chi connectivity index (χ2n) is 2.52. The van der Waals surface area contributed by atoms with Crippen molar-refractivity contribution in [3.63, 3.8) is 0 Å². The van der Waals surface area contributed by atoms with Gasteiger partial charge in [-0.3, -0.25) is 4.98 Å². The van der Waals surface area contributed by atoms with Crippen LogP contribution in [0.15, 0.2) is 15.0 Å². The van der Waals surface area contributed by atoms with E-state index in [0.29, 0.717) is 16.3 Å². The molecule has 2 aromatic rings. The van der Waals surface area contributed by atoms with Gasteiger partial charge in [-0.15, -0.1) is 11.8 Å². The lowest BCUT2D eigenvalue weighted by atomic mass is 10.6. The summed E-state index contributed by atoms with van der Waals surface area (Å²) in [5.41, 5.74) is 1.00. The SMILES string of the molecule is CSc1nc(SC)c2[nH]c(=O)[nH]c2n1. The first kappa shape index (κ1) is 9.60. The van der Waals surface area contributed by atoms with Gasteiger partial charge in [-0.1, -0.05) is 11.8 Å². The highest BCUT2D eigenvalue weighted by Crippen LogP contribution is 2.22. The molecule has 0 amide bonds. The Bertz CT molecular complexity index is 518. The smallest absolute Gasteiger partial charge is 0.302 e. The molecule has 0 saturated heterocycles. The summed E-state index contributed by atoms with van der Waals surface area (Å²) in [6, 6.07) is 0. The molecule has 2 rings (SSSR count). The molecule has 7 heteroatoms. The minimum absolute atomic E-state index is 0.247. The van der Waals surface area contributed by atoms with E-state index in [1.165, 1.54) is 23.5 Å². The summed E-state index contributed by atoms with van der Waals surface area (Å²) in [5, 5.41) is 1.45. The van der Waals surface area contributed by atoms with Crippen molar-refractivity contribution in [2.75, 3.05) is 12.5 Å². The molecule has 0 atom stereocenters. The Kier molecular flexibility index (Phi) is 2.51. The summed E-state index contributed by atoms with van der Waals surface area (Å²) < 4.78 is 0. The predicted octanol–water partition coefficient (Wildman–Crippen LogP) is 1.09. The molecule has 0 radical (unpaired) electrons. The van der Waals surface area contributed by atoms with Crippen molar-refractivity contribution in [3.8, 4) is 0 Å². The summed E-state index contributed by atoms with van der Waals surface area (Å²) in [6.45, 7) is 0. The van der Waals surface area contributed by atoms with E-state index in [0.717, 1.165) is 5.03 Å². The zero-order valence-corrected chi connectivity index (χ0v) is 9.25. The van der Waals surface area contributed by atoms with Crippen LogP contribution < -0.4 is 5.69 Å². The fourth-order valence-electron chi connectivity index (χ4n) is 1.12. The third-order valence-electron chi connectivity index (χ3n) is 1.70. The zero-order valence-electron chi connectivity index (χ0n) is 7.62. The lowest BCUT2D eigenvalue weighted by Crippen LogP contribution is -1.99. The van der Waals surface area contributed by atoms with Gasteiger partial charge >= 0.3 is 5.69 Å². The molecule has 0 unspecified atom stereocenters. The van der Waals surface area contributed by atoms with E-state index in [-0.39, 0.29) is 5.69 Å². The second kappa shape index (κ2) is 3.66. The number of nitrogens with one attached hydrogen (secondary N) is 2. The fourth-order valence-corrected chi connectivity index (χ4v) is 2.07. The zero-order chi connectivity index (χ0) is 10.1. The van der Waals surface area contributed by atoms with Gasteiger partial charge in [0.15, 0.2) is 10.8 Å². The fraction of sp³-hybridized carbons (Fsp3) is 0.286. The molecule has 0 aliphatic heterocycles. The number of aromatic nitrogens is 4. The molecule has 5 nitrogen and oxygen atoms in total. The standard InChI is InChI=1S/C7H8N4OS2/c1-13-5-3-4(9-6(12)8-3)10-7(11-5)14-2/h1-2H3,(H2,8,9,10,11,12). The lowest BCUT2D eigenvalue weighted by Gasteiger charge is -1.99. The van der Waals surface area contributed by atoms with Gasteiger partial charge in [-0.2, -0.15) is 0 Å². The van der Waals surface area contributed by atoms with E-state index in [2.05, 4.69) is 19.9 Å². The number of hydrogen-bond donors (Lipinski definition) is 2. The van der Waals surface area contributed by atoms with Crippen LogP contribution in [0, 0.1) is 0 Å². The van der Waals surface area contributed by atoms with Crippen molar-refractivity contribution in [2.45, 2.75) is 10.2 Å². The first-order valence-electron chi connectivity index (χ1n) is 3.82. The summed E-state index contributed by atoms with van der Waals surface area (Å²) in [6.07, 6.45) is 3.81. The molecule has 74 valence electrons. The van der Waals surface area contributed by atoms with Crippen LogP contribution >= 0.6 is 23.5 Å². The van der Waals surface area contributed by atoms with E-state index >= 15 is 0 Å². The average molecular weight is 228 g/mol. The largest absolute Gasteiger partial charge is 0.325 e. The van der Waals surface area contributed by atoms with Crippen LogP contribution in [0.2, 0.25) is 0 Å². The van der Waals surface area contributed by atoms with E-state index < -0.39 is 0 Å². The molecule has 0 spiro atoms. The highest BCUT2D eigenvalue weighted by atomic mass is 32.2. The molecule has 0 bridgehead atoms. The monoisotopic (exact) mass is 228 g/mol. The number of hydrogen-bond acceptors (Lipinski definition) is 5. The van der Waals surface area contributed by atoms with Gasteiger partial charge < -0.3 is 4.98 Å². The Morgan fingerprint density at radius 3 is 2.57 bits per heavy atom. The summed E-state index contributed by atoms with van der Waals surface area (Å²) in [7, 11) is 0. The van der Waals surface area contributed by atoms with E-state index in [1.54, 1.807) is 0 Å². The third-order valence-corrected chi connectivity index (χ3v) is 2.93.